The fourth-order valence-electron chi connectivity index (χ4n) is 4.50. The van der Waals surface area contributed by atoms with Gasteiger partial charge in [-0.3, -0.25) is 13.9 Å². The Bertz CT molecular complexity index is 1120. The van der Waals surface area contributed by atoms with E-state index in [1.165, 1.54) is 4.90 Å². The summed E-state index contributed by atoms with van der Waals surface area (Å²) in [5.41, 5.74) is 1.32. The number of sulfonamides is 1. The Hall–Kier alpha value is -3.07. The first-order valence-electron chi connectivity index (χ1n) is 12.5. The summed E-state index contributed by atoms with van der Waals surface area (Å²) in [7, 11) is -3.81. The van der Waals surface area contributed by atoms with Crippen molar-refractivity contribution in [1.29, 1.82) is 0 Å². The van der Waals surface area contributed by atoms with Gasteiger partial charge in [-0.25, -0.2) is 8.42 Å². The summed E-state index contributed by atoms with van der Waals surface area (Å²) in [5.74, 6) is -0.290. The molecule has 0 bridgehead atoms. The topological polar surface area (TPSA) is 96.0 Å². The summed E-state index contributed by atoms with van der Waals surface area (Å²) in [6.45, 7) is 3.71. The quantitative estimate of drug-likeness (QED) is 0.468. The number of hydrogen-bond acceptors (Lipinski definition) is 5. The minimum absolute atomic E-state index is 0.122. The Balaban J connectivity index is 1.85. The van der Waals surface area contributed by atoms with Crippen molar-refractivity contribution in [3.05, 3.63) is 60.2 Å². The van der Waals surface area contributed by atoms with E-state index < -0.39 is 28.5 Å². The van der Waals surface area contributed by atoms with E-state index in [4.69, 9.17) is 4.74 Å². The number of nitrogens with one attached hydrogen (secondary N) is 1. The first-order chi connectivity index (χ1) is 17.2. The largest absolute Gasteiger partial charge is 0.492 e. The molecule has 1 aliphatic carbocycles. The van der Waals surface area contributed by atoms with E-state index in [1.54, 1.807) is 31.2 Å². The summed E-state index contributed by atoms with van der Waals surface area (Å²) in [4.78, 5) is 28.2. The Morgan fingerprint density at radius 1 is 1.06 bits per heavy atom. The highest BCUT2D eigenvalue weighted by atomic mass is 32.2. The maximum atomic E-state index is 13.6. The molecular formula is C27H37N3O5S. The minimum Gasteiger partial charge on any atom is -0.492 e. The standard InChI is InChI=1S/C27H37N3O5S/c1-4-35-25-17-11-10-16-24(25)30(36(3,33)34)20-26(31)29(19-18-22-12-6-5-7-13-22)21(2)27(32)28-23-14-8-9-15-23/h5-7,10-13,16-17,21,23H,4,8-9,14-15,18-20H2,1-3H3,(H,28,32)/t21-/m1/s1. The molecule has 2 amide bonds. The first-order valence-corrected chi connectivity index (χ1v) is 14.4. The number of ether oxygens (including phenoxy) is 1. The maximum absolute atomic E-state index is 13.6. The summed E-state index contributed by atoms with van der Waals surface area (Å²) >= 11 is 0. The smallest absolute Gasteiger partial charge is 0.244 e. The highest BCUT2D eigenvalue weighted by Crippen LogP contribution is 2.30. The second kappa shape index (κ2) is 12.8. The van der Waals surface area contributed by atoms with Gasteiger partial charge in [0.05, 0.1) is 18.6 Å². The Morgan fingerprint density at radius 2 is 1.69 bits per heavy atom. The first kappa shape index (κ1) is 27.5. The molecule has 196 valence electrons. The van der Waals surface area contributed by atoms with E-state index in [0.717, 1.165) is 41.8 Å². The molecule has 0 aromatic heterocycles. The third-order valence-electron chi connectivity index (χ3n) is 6.47. The van der Waals surface area contributed by atoms with Crippen molar-refractivity contribution in [3.8, 4) is 5.75 Å². The average Bonchev–Trinajstić information content (AvgIpc) is 3.36. The fourth-order valence-corrected chi connectivity index (χ4v) is 5.35. The van der Waals surface area contributed by atoms with Crippen molar-refractivity contribution in [2.75, 3.05) is 30.3 Å². The van der Waals surface area contributed by atoms with Gasteiger partial charge in [0.1, 0.15) is 18.3 Å². The Labute approximate surface area is 214 Å². The van der Waals surface area contributed by atoms with E-state index in [2.05, 4.69) is 5.32 Å². The van der Waals surface area contributed by atoms with Crippen LogP contribution in [0.2, 0.25) is 0 Å². The van der Waals surface area contributed by atoms with Crippen LogP contribution >= 0.6 is 0 Å². The second-order valence-electron chi connectivity index (χ2n) is 9.16. The van der Waals surface area contributed by atoms with Crippen LogP contribution in [0.3, 0.4) is 0 Å². The van der Waals surface area contributed by atoms with Gasteiger partial charge in [0.25, 0.3) is 0 Å². The number of carbonyl (C=O) groups excluding carboxylic acids is 2. The molecule has 0 saturated heterocycles. The van der Waals surface area contributed by atoms with Crippen molar-refractivity contribution >= 4 is 27.5 Å². The van der Waals surface area contributed by atoms with Gasteiger partial charge in [-0.15, -0.1) is 0 Å². The van der Waals surface area contributed by atoms with E-state index in [0.29, 0.717) is 24.5 Å². The van der Waals surface area contributed by atoms with Crippen LogP contribution in [-0.2, 0) is 26.0 Å². The van der Waals surface area contributed by atoms with Crippen LogP contribution < -0.4 is 14.4 Å². The number of carbonyl (C=O) groups is 2. The average molecular weight is 516 g/mol. The Morgan fingerprint density at radius 3 is 2.33 bits per heavy atom. The lowest BCUT2D eigenvalue weighted by Gasteiger charge is -2.32. The summed E-state index contributed by atoms with van der Waals surface area (Å²) in [5, 5.41) is 3.07. The molecule has 1 N–H and O–H groups in total. The van der Waals surface area contributed by atoms with E-state index >= 15 is 0 Å². The Kier molecular flexibility index (Phi) is 9.75. The molecule has 36 heavy (non-hydrogen) atoms. The molecule has 0 aliphatic heterocycles. The van der Waals surface area contributed by atoms with Crippen LogP contribution in [0.5, 0.6) is 5.75 Å². The number of para-hydroxylation sites is 2. The lowest BCUT2D eigenvalue weighted by atomic mass is 10.1. The van der Waals surface area contributed by atoms with Gasteiger partial charge in [0.2, 0.25) is 21.8 Å². The van der Waals surface area contributed by atoms with Gasteiger partial charge in [0, 0.05) is 12.6 Å². The summed E-state index contributed by atoms with van der Waals surface area (Å²) in [6.07, 6.45) is 5.64. The molecule has 1 fully saturated rings. The highest BCUT2D eigenvalue weighted by molar-refractivity contribution is 7.92. The summed E-state index contributed by atoms with van der Waals surface area (Å²) < 4.78 is 32.2. The molecule has 3 rings (SSSR count). The van der Waals surface area contributed by atoms with Crippen LogP contribution in [0.25, 0.3) is 0 Å². The monoisotopic (exact) mass is 515 g/mol. The fraction of sp³-hybridized carbons (Fsp3) is 0.481. The molecule has 8 nitrogen and oxygen atoms in total. The van der Waals surface area contributed by atoms with Gasteiger partial charge in [-0.05, 0) is 50.8 Å². The van der Waals surface area contributed by atoms with Crippen molar-refractivity contribution in [1.82, 2.24) is 10.2 Å². The number of amides is 2. The molecule has 0 spiro atoms. The number of rotatable bonds is 12. The SMILES string of the molecule is CCOc1ccccc1N(CC(=O)N(CCc1ccccc1)[C@H](C)C(=O)NC1CCCC1)S(C)(=O)=O. The van der Waals surface area contributed by atoms with E-state index in [-0.39, 0.29) is 18.5 Å². The van der Waals surface area contributed by atoms with Gasteiger partial charge in [0.15, 0.2) is 0 Å². The number of benzene rings is 2. The number of hydrogen-bond donors (Lipinski definition) is 1. The van der Waals surface area contributed by atoms with E-state index in [1.807, 2.05) is 37.3 Å². The lowest BCUT2D eigenvalue weighted by Crippen LogP contribution is -2.53. The lowest BCUT2D eigenvalue weighted by molar-refractivity contribution is -0.139. The van der Waals surface area contributed by atoms with Crippen LogP contribution in [0.15, 0.2) is 54.6 Å². The van der Waals surface area contributed by atoms with E-state index in [9.17, 15) is 18.0 Å². The number of nitrogens with zero attached hydrogens (tertiary/aromatic N) is 2. The predicted molar refractivity (Wildman–Crippen MR) is 142 cm³/mol. The second-order valence-corrected chi connectivity index (χ2v) is 11.1. The zero-order valence-corrected chi connectivity index (χ0v) is 22.2. The van der Waals surface area contributed by atoms with Crippen LogP contribution in [-0.4, -0.2) is 63.2 Å². The molecule has 0 radical (unpaired) electrons. The third-order valence-corrected chi connectivity index (χ3v) is 7.59. The van der Waals surface area contributed by atoms with Crippen molar-refractivity contribution < 1.29 is 22.7 Å². The molecule has 2 aromatic rings. The molecule has 0 heterocycles. The van der Waals surface area contributed by atoms with Gasteiger partial charge in [-0.2, -0.15) is 0 Å². The van der Waals surface area contributed by atoms with Gasteiger partial charge < -0.3 is 15.0 Å². The predicted octanol–water partition coefficient (Wildman–Crippen LogP) is 3.37. The van der Waals surface area contributed by atoms with Crippen LogP contribution in [0.4, 0.5) is 5.69 Å². The highest BCUT2D eigenvalue weighted by Gasteiger charge is 2.31. The maximum Gasteiger partial charge on any atom is 0.244 e. The third kappa shape index (κ3) is 7.46. The van der Waals surface area contributed by atoms with Gasteiger partial charge in [-0.1, -0.05) is 55.3 Å². The minimum atomic E-state index is -3.81. The van der Waals surface area contributed by atoms with Crippen LogP contribution in [0, 0.1) is 0 Å². The molecule has 9 heteroatoms. The summed E-state index contributed by atoms with van der Waals surface area (Å²) in [6, 6.07) is 15.8. The molecular weight excluding hydrogens is 478 g/mol. The zero-order chi connectivity index (χ0) is 26.1. The van der Waals surface area contributed by atoms with Crippen molar-refractivity contribution in [3.63, 3.8) is 0 Å². The molecule has 1 aliphatic rings. The zero-order valence-electron chi connectivity index (χ0n) is 21.4. The van der Waals surface area contributed by atoms with Crippen molar-refractivity contribution in [2.24, 2.45) is 0 Å². The molecule has 1 atom stereocenters. The molecule has 2 aromatic carbocycles. The van der Waals surface area contributed by atoms with Crippen LogP contribution in [0.1, 0.15) is 45.1 Å². The molecule has 1 saturated carbocycles. The molecule has 0 unspecified atom stereocenters. The number of anilines is 1. The normalized spacial score (nSPS) is 14.8. The van der Waals surface area contributed by atoms with Crippen molar-refractivity contribution in [2.45, 2.75) is 58.0 Å². The van der Waals surface area contributed by atoms with Gasteiger partial charge >= 0.3 is 0 Å².